The van der Waals surface area contributed by atoms with Crippen LogP contribution >= 0.6 is 0 Å². The molecule has 25 heavy (non-hydrogen) atoms. The fourth-order valence-electron chi connectivity index (χ4n) is 2.58. The van der Waals surface area contributed by atoms with Crippen molar-refractivity contribution in [2.24, 2.45) is 0 Å². The van der Waals surface area contributed by atoms with Crippen LogP contribution in [0, 0.1) is 0 Å². The third-order valence-corrected chi connectivity index (χ3v) is 5.54. The third kappa shape index (κ3) is 3.69. The second-order valence-electron chi connectivity index (χ2n) is 5.48. The summed E-state index contributed by atoms with van der Waals surface area (Å²) >= 11 is 0. The SMILES string of the molecule is COc1cccc(S(=O)(=O)Cc2ccc(-c3ccoc3)c(OC)c2)c1. The summed E-state index contributed by atoms with van der Waals surface area (Å²) in [6.07, 6.45) is 3.19. The topological polar surface area (TPSA) is 65.7 Å². The van der Waals surface area contributed by atoms with Gasteiger partial charge >= 0.3 is 0 Å². The van der Waals surface area contributed by atoms with Crippen LogP contribution in [-0.2, 0) is 15.6 Å². The zero-order valence-electron chi connectivity index (χ0n) is 13.9. The van der Waals surface area contributed by atoms with E-state index in [2.05, 4.69) is 0 Å². The van der Waals surface area contributed by atoms with Gasteiger partial charge in [0.1, 0.15) is 11.5 Å². The molecule has 0 saturated carbocycles. The quantitative estimate of drug-likeness (QED) is 0.668. The minimum Gasteiger partial charge on any atom is -0.497 e. The van der Waals surface area contributed by atoms with Crippen molar-refractivity contribution in [1.82, 2.24) is 0 Å². The molecule has 0 aliphatic carbocycles. The number of methoxy groups -OCH3 is 2. The number of benzene rings is 2. The van der Waals surface area contributed by atoms with Gasteiger partial charge < -0.3 is 13.9 Å². The number of hydrogen-bond acceptors (Lipinski definition) is 5. The summed E-state index contributed by atoms with van der Waals surface area (Å²) in [5.74, 6) is 0.982. The van der Waals surface area contributed by atoms with Crippen molar-refractivity contribution in [3.8, 4) is 22.6 Å². The monoisotopic (exact) mass is 358 g/mol. The Kier molecular flexibility index (Phi) is 4.81. The number of hydrogen-bond donors (Lipinski definition) is 0. The third-order valence-electron chi connectivity index (χ3n) is 3.86. The smallest absolute Gasteiger partial charge is 0.182 e. The summed E-state index contributed by atoms with van der Waals surface area (Å²) < 4.78 is 40.9. The van der Waals surface area contributed by atoms with Crippen molar-refractivity contribution in [3.63, 3.8) is 0 Å². The fourth-order valence-corrected chi connectivity index (χ4v) is 3.95. The molecule has 0 bridgehead atoms. The second kappa shape index (κ2) is 7.03. The number of ether oxygens (including phenoxy) is 2. The molecule has 1 aromatic heterocycles. The highest BCUT2D eigenvalue weighted by atomic mass is 32.2. The Labute approximate surface area is 146 Å². The zero-order valence-corrected chi connectivity index (χ0v) is 14.7. The molecule has 1 heterocycles. The number of furan rings is 1. The largest absolute Gasteiger partial charge is 0.497 e. The second-order valence-corrected chi connectivity index (χ2v) is 7.47. The molecule has 2 aromatic carbocycles. The van der Waals surface area contributed by atoms with E-state index in [9.17, 15) is 8.42 Å². The van der Waals surface area contributed by atoms with Gasteiger partial charge in [-0.3, -0.25) is 0 Å². The lowest BCUT2D eigenvalue weighted by atomic mass is 10.1. The van der Waals surface area contributed by atoms with Crippen LogP contribution in [-0.4, -0.2) is 22.6 Å². The minimum atomic E-state index is -3.49. The Hall–Kier alpha value is -2.73. The maximum atomic E-state index is 12.7. The highest BCUT2D eigenvalue weighted by molar-refractivity contribution is 7.90. The molecule has 5 nitrogen and oxygen atoms in total. The molecule has 0 unspecified atom stereocenters. The van der Waals surface area contributed by atoms with Crippen LogP contribution in [0.1, 0.15) is 5.56 Å². The molecular formula is C19H18O5S. The summed E-state index contributed by atoms with van der Waals surface area (Å²) in [6.45, 7) is 0. The van der Waals surface area contributed by atoms with Crippen LogP contribution in [0.5, 0.6) is 11.5 Å². The van der Waals surface area contributed by atoms with Gasteiger partial charge in [-0.15, -0.1) is 0 Å². The first-order valence-electron chi connectivity index (χ1n) is 7.60. The number of rotatable bonds is 6. The molecule has 6 heteroatoms. The van der Waals surface area contributed by atoms with Crippen molar-refractivity contribution in [2.45, 2.75) is 10.6 Å². The van der Waals surface area contributed by atoms with Gasteiger partial charge in [0, 0.05) is 11.1 Å². The van der Waals surface area contributed by atoms with E-state index in [0.717, 1.165) is 11.1 Å². The summed E-state index contributed by atoms with van der Waals surface area (Å²) in [5, 5.41) is 0. The maximum Gasteiger partial charge on any atom is 0.182 e. The van der Waals surface area contributed by atoms with Gasteiger partial charge in [0.05, 0.1) is 37.4 Å². The molecule has 0 aliphatic rings. The van der Waals surface area contributed by atoms with Gasteiger partial charge in [-0.25, -0.2) is 8.42 Å². The van der Waals surface area contributed by atoms with Crippen molar-refractivity contribution in [2.75, 3.05) is 14.2 Å². The lowest BCUT2D eigenvalue weighted by Gasteiger charge is -2.11. The standard InChI is InChI=1S/C19H18O5S/c1-22-16-4-3-5-17(11-16)25(20,21)13-14-6-7-18(19(10-14)23-2)15-8-9-24-12-15/h3-12H,13H2,1-2H3. The van der Waals surface area contributed by atoms with Crippen molar-refractivity contribution in [3.05, 3.63) is 66.6 Å². The first kappa shape index (κ1) is 17.1. The van der Waals surface area contributed by atoms with Crippen LogP contribution in [0.4, 0.5) is 0 Å². The van der Waals surface area contributed by atoms with E-state index in [1.165, 1.54) is 13.2 Å². The van der Waals surface area contributed by atoms with Crippen LogP contribution in [0.2, 0.25) is 0 Å². The maximum absolute atomic E-state index is 12.7. The average molecular weight is 358 g/mol. The molecule has 0 spiro atoms. The summed E-state index contributed by atoms with van der Waals surface area (Å²) in [6, 6.07) is 13.6. The zero-order chi connectivity index (χ0) is 17.9. The predicted octanol–water partition coefficient (Wildman–Crippen LogP) is 3.94. The van der Waals surface area contributed by atoms with E-state index in [1.807, 2.05) is 12.1 Å². The molecule has 0 atom stereocenters. The van der Waals surface area contributed by atoms with Crippen LogP contribution in [0.15, 0.2) is 70.4 Å². The molecule has 0 saturated heterocycles. The molecule has 0 N–H and O–H groups in total. The van der Waals surface area contributed by atoms with Crippen molar-refractivity contribution >= 4 is 9.84 Å². The lowest BCUT2D eigenvalue weighted by Crippen LogP contribution is -2.05. The molecule has 0 radical (unpaired) electrons. The molecular weight excluding hydrogens is 340 g/mol. The average Bonchev–Trinajstić information content (AvgIpc) is 3.15. The lowest BCUT2D eigenvalue weighted by molar-refractivity contribution is 0.413. The van der Waals surface area contributed by atoms with E-state index >= 15 is 0 Å². The highest BCUT2D eigenvalue weighted by Gasteiger charge is 2.18. The van der Waals surface area contributed by atoms with Crippen LogP contribution in [0.25, 0.3) is 11.1 Å². The Balaban J connectivity index is 1.92. The van der Waals surface area contributed by atoms with Crippen LogP contribution < -0.4 is 9.47 Å². The Morgan fingerprint density at radius 1 is 1.00 bits per heavy atom. The molecule has 0 amide bonds. The normalized spacial score (nSPS) is 11.3. The summed E-state index contributed by atoms with van der Waals surface area (Å²) in [4.78, 5) is 0.227. The highest BCUT2D eigenvalue weighted by Crippen LogP contribution is 2.32. The first-order chi connectivity index (χ1) is 12.0. The van der Waals surface area contributed by atoms with Crippen LogP contribution in [0.3, 0.4) is 0 Å². The summed E-state index contributed by atoms with van der Waals surface area (Å²) in [7, 11) is -0.432. The van der Waals surface area contributed by atoms with E-state index in [-0.39, 0.29) is 10.6 Å². The fraction of sp³-hybridized carbons (Fsp3) is 0.158. The van der Waals surface area contributed by atoms with E-state index < -0.39 is 9.84 Å². The number of sulfone groups is 1. The summed E-state index contributed by atoms with van der Waals surface area (Å²) in [5.41, 5.74) is 2.37. The molecule has 3 rings (SSSR count). The predicted molar refractivity (Wildman–Crippen MR) is 94.6 cm³/mol. The molecule has 0 aliphatic heterocycles. The van der Waals surface area contributed by atoms with Gasteiger partial charge in [0.2, 0.25) is 0 Å². The Morgan fingerprint density at radius 2 is 1.84 bits per heavy atom. The van der Waals surface area contributed by atoms with Crippen molar-refractivity contribution in [1.29, 1.82) is 0 Å². The van der Waals surface area contributed by atoms with E-state index in [1.54, 1.807) is 50.0 Å². The molecule has 3 aromatic rings. The minimum absolute atomic E-state index is 0.123. The van der Waals surface area contributed by atoms with E-state index in [4.69, 9.17) is 13.9 Å². The van der Waals surface area contributed by atoms with E-state index in [0.29, 0.717) is 17.1 Å². The van der Waals surface area contributed by atoms with Gasteiger partial charge in [0.15, 0.2) is 9.84 Å². The molecule has 0 fully saturated rings. The van der Waals surface area contributed by atoms with Gasteiger partial charge in [0.25, 0.3) is 0 Å². The van der Waals surface area contributed by atoms with Gasteiger partial charge in [-0.1, -0.05) is 18.2 Å². The van der Waals surface area contributed by atoms with Gasteiger partial charge in [-0.05, 0) is 35.9 Å². The molecule has 130 valence electrons. The Bertz CT molecular complexity index is 959. The first-order valence-corrected chi connectivity index (χ1v) is 9.25. The van der Waals surface area contributed by atoms with Crippen molar-refractivity contribution < 1.29 is 22.3 Å². The van der Waals surface area contributed by atoms with Gasteiger partial charge in [-0.2, -0.15) is 0 Å². The Morgan fingerprint density at radius 3 is 2.52 bits per heavy atom.